The van der Waals surface area contributed by atoms with Gasteiger partial charge in [-0.3, -0.25) is 25.0 Å². The minimum absolute atomic E-state index is 0.111. The lowest BCUT2D eigenvalue weighted by atomic mass is 9.83. The van der Waals surface area contributed by atoms with E-state index in [1.54, 1.807) is 64.1 Å². The summed E-state index contributed by atoms with van der Waals surface area (Å²) in [7, 11) is 5.82. The van der Waals surface area contributed by atoms with Gasteiger partial charge in [0.25, 0.3) is 5.91 Å². The minimum atomic E-state index is -1.93. The Kier molecular flexibility index (Phi) is 27.4. The topological polar surface area (TPSA) is 338 Å². The number of nitrogens with two attached hydrogens (primary N) is 1. The normalized spacial score (nSPS) is 24.9. The van der Waals surface area contributed by atoms with Gasteiger partial charge in [-0.25, -0.2) is 19.2 Å². The SMILES string of the molecule is C=C(CBr)C(=O)OC(C)(C)CCCC(C=O)N[C@@](C=O)(CN[C@@H](CCCNC(N)=O)C(=O)Nc1ccc(C(=O)N(C)[C@@H](C)C(=O)O[C@H]2CC(=O)N(C)c3cc(cc(OC)c3Cl)C/C(C)=C/C=C/[C@@H](OC)[C@@]3(O)C[C@H](OC(=O)N3)[C@@H](C)[C@@H]3O[C@@]23C)cc1N1CCOCC1)C(C)C. The lowest BCUT2D eigenvalue weighted by Gasteiger charge is -2.42. The van der Waals surface area contributed by atoms with Crippen LogP contribution in [0.25, 0.3) is 0 Å². The third-order valence-corrected chi connectivity index (χ3v) is 19.3. The Morgan fingerprint density at radius 3 is 2.39 bits per heavy atom. The van der Waals surface area contributed by atoms with Crippen molar-refractivity contribution in [2.24, 2.45) is 17.6 Å². The Bertz CT molecular complexity index is 3200. The molecule has 4 aliphatic heterocycles. The number of hydrogen-bond donors (Lipinski definition) is 7. The second kappa shape index (κ2) is 33.8. The number of primary amides is 1. The predicted octanol–water partition coefficient (Wildman–Crippen LogP) is 6.20. The fraction of sp³-hybridized carbons (Fsp3) is 0.597. The van der Waals surface area contributed by atoms with Gasteiger partial charge in [0.2, 0.25) is 11.8 Å². The van der Waals surface area contributed by atoms with Gasteiger partial charge in [-0.05, 0) is 115 Å². The molecule has 6 amide bonds. The van der Waals surface area contributed by atoms with Crippen LogP contribution < -0.4 is 46.9 Å². The molecule has 0 aliphatic carbocycles. The van der Waals surface area contributed by atoms with Crippen molar-refractivity contribution in [3.63, 3.8) is 0 Å². The summed E-state index contributed by atoms with van der Waals surface area (Å²) in [5.74, 6) is -3.85. The number of hydrogen-bond acceptors (Lipinski definition) is 20. The molecule has 28 heteroatoms. The maximum absolute atomic E-state index is 14.8. The highest BCUT2D eigenvalue weighted by Gasteiger charge is 2.64. The number of amides is 6. The first-order chi connectivity index (χ1) is 44.8. The third-order valence-electron chi connectivity index (χ3n) is 18.2. The quantitative estimate of drug-likeness (QED) is 0.00947. The number of urea groups is 1. The van der Waals surface area contributed by atoms with Crippen LogP contribution in [-0.4, -0.2) is 202 Å². The number of morpholine rings is 1. The van der Waals surface area contributed by atoms with Crippen molar-refractivity contribution in [2.75, 3.05) is 88.2 Å². The summed E-state index contributed by atoms with van der Waals surface area (Å²) in [6.07, 6.45) is 2.97. The number of aldehydes is 2. The first-order valence-corrected chi connectivity index (χ1v) is 33.4. The van der Waals surface area contributed by atoms with E-state index >= 15 is 0 Å². The Labute approximate surface area is 569 Å². The molecule has 0 radical (unpaired) electrons. The van der Waals surface area contributed by atoms with Gasteiger partial charge < -0.3 is 84.2 Å². The molecule has 3 saturated heterocycles. The zero-order valence-electron chi connectivity index (χ0n) is 56.4. The van der Waals surface area contributed by atoms with E-state index in [0.717, 1.165) is 17.4 Å². The number of ether oxygens (including phenoxy) is 7. The fourth-order valence-corrected chi connectivity index (χ4v) is 12.4. The van der Waals surface area contributed by atoms with E-state index in [0.29, 0.717) is 74.7 Å². The van der Waals surface area contributed by atoms with Gasteiger partial charge in [-0.15, -0.1) is 0 Å². The van der Waals surface area contributed by atoms with Crippen LogP contribution in [0.2, 0.25) is 5.02 Å². The van der Waals surface area contributed by atoms with Crippen molar-refractivity contribution in [3.05, 3.63) is 82.4 Å². The number of carbonyl (C=O) groups is 9. The average Bonchev–Trinajstić information content (AvgIpc) is 1.58. The molecule has 4 bridgehead atoms. The number of aliphatic hydroxyl groups is 1. The molecule has 0 spiro atoms. The van der Waals surface area contributed by atoms with Crippen LogP contribution in [0.1, 0.15) is 116 Å². The average molecular weight is 1410 g/mol. The smallest absolute Gasteiger partial charge is 0.409 e. The molecule has 8 N–H and O–H groups in total. The number of nitrogens with zero attached hydrogens (tertiary/aromatic N) is 3. The molecule has 3 fully saturated rings. The number of allylic oxidation sites excluding steroid dienone is 3. The molecular formula is C67H95BrClN9O17. The van der Waals surface area contributed by atoms with Crippen LogP contribution in [0.15, 0.2) is 66.3 Å². The Hall–Kier alpha value is -6.98. The van der Waals surface area contributed by atoms with Gasteiger partial charge in [0.05, 0.1) is 67.5 Å². The molecule has 0 aromatic heterocycles. The Morgan fingerprint density at radius 2 is 1.76 bits per heavy atom. The van der Waals surface area contributed by atoms with Gasteiger partial charge >= 0.3 is 24.1 Å². The zero-order chi connectivity index (χ0) is 70.3. The number of anilines is 3. The molecule has 11 atom stereocenters. The number of alkyl halides is 1. The highest BCUT2D eigenvalue weighted by atomic mass is 79.9. The second-order valence-corrected chi connectivity index (χ2v) is 26.9. The summed E-state index contributed by atoms with van der Waals surface area (Å²) in [5, 5.41) is 27.0. The number of epoxide rings is 1. The first-order valence-electron chi connectivity index (χ1n) is 31.9. The number of benzene rings is 2. The van der Waals surface area contributed by atoms with Crippen LogP contribution in [-0.2, 0) is 63.6 Å². The molecule has 1 unspecified atom stereocenters. The summed E-state index contributed by atoms with van der Waals surface area (Å²) >= 11 is 10.1. The van der Waals surface area contributed by atoms with Gasteiger partial charge in [0, 0.05) is 76.2 Å². The summed E-state index contributed by atoms with van der Waals surface area (Å²) < 4.78 is 41.2. The molecule has 2 aromatic rings. The third kappa shape index (κ3) is 19.8. The highest BCUT2D eigenvalue weighted by Crippen LogP contribution is 2.49. The highest BCUT2D eigenvalue weighted by molar-refractivity contribution is 9.09. The summed E-state index contributed by atoms with van der Waals surface area (Å²) in [6, 6.07) is 4.34. The van der Waals surface area contributed by atoms with Gasteiger partial charge in [-0.1, -0.05) is 78.7 Å². The van der Waals surface area contributed by atoms with E-state index in [-0.39, 0.29) is 60.3 Å². The Balaban J connectivity index is 1.25. The van der Waals surface area contributed by atoms with Crippen molar-refractivity contribution < 1.29 is 81.4 Å². The van der Waals surface area contributed by atoms with Crippen LogP contribution >= 0.6 is 27.5 Å². The lowest BCUT2D eigenvalue weighted by Crippen LogP contribution is -2.63. The molecule has 4 aliphatic rings. The van der Waals surface area contributed by atoms with Crippen LogP contribution in [0.4, 0.5) is 26.7 Å². The largest absolute Gasteiger partial charge is 0.495 e. The predicted molar refractivity (Wildman–Crippen MR) is 361 cm³/mol. The summed E-state index contributed by atoms with van der Waals surface area (Å²) in [6.45, 7) is 19.1. The monoisotopic (exact) mass is 1410 g/mol. The number of nitrogens with one attached hydrogen (secondary N) is 5. The van der Waals surface area contributed by atoms with Crippen LogP contribution in [0.5, 0.6) is 5.75 Å². The van der Waals surface area contributed by atoms with E-state index in [2.05, 4.69) is 49.1 Å². The van der Waals surface area contributed by atoms with E-state index < -0.39 is 125 Å². The number of halogens is 2. The number of carbonyl (C=O) groups excluding carboxylic acids is 9. The maximum atomic E-state index is 14.8. The molecule has 2 aromatic carbocycles. The number of methoxy groups -OCH3 is 2. The van der Waals surface area contributed by atoms with Crippen molar-refractivity contribution >= 4 is 98.9 Å². The van der Waals surface area contributed by atoms with Crippen molar-refractivity contribution in [1.82, 2.24) is 26.2 Å². The van der Waals surface area contributed by atoms with Crippen molar-refractivity contribution in [1.29, 1.82) is 0 Å². The fourth-order valence-electron chi connectivity index (χ4n) is 11.9. The van der Waals surface area contributed by atoms with E-state index in [1.165, 1.54) is 51.1 Å². The van der Waals surface area contributed by atoms with Crippen LogP contribution in [0, 0.1) is 11.8 Å². The zero-order valence-corrected chi connectivity index (χ0v) is 58.8. The molecule has 26 nitrogen and oxygen atoms in total. The summed E-state index contributed by atoms with van der Waals surface area (Å²) in [5.41, 5.74) is 2.90. The molecule has 524 valence electrons. The number of esters is 2. The molecule has 0 saturated carbocycles. The number of likely N-dealkylation sites (N-methyl/N-ethyl adjacent to an activating group) is 1. The van der Waals surface area contributed by atoms with Gasteiger partial charge in [0.15, 0.2) is 5.72 Å². The summed E-state index contributed by atoms with van der Waals surface area (Å²) in [4.78, 5) is 126. The molecule has 6 rings (SSSR count). The van der Waals surface area contributed by atoms with E-state index in [9.17, 15) is 48.3 Å². The van der Waals surface area contributed by atoms with E-state index in [4.69, 9.17) is 50.5 Å². The van der Waals surface area contributed by atoms with Gasteiger partial charge in [-0.2, -0.15) is 0 Å². The number of fused-ring (bicyclic) bond motifs is 5. The molecule has 95 heavy (non-hydrogen) atoms. The van der Waals surface area contributed by atoms with Crippen molar-refractivity contribution in [3.8, 4) is 5.75 Å². The lowest BCUT2D eigenvalue weighted by molar-refractivity contribution is -0.158. The maximum Gasteiger partial charge on any atom is 0.409 e. The van der Waals surface area contributed by atoms with Crippen LogP contribution in [0.3, 0.4) is 0 Å². The standard InChI is InChI=1S/C67H95BrClN9O17/c1-39(2)66(38-80,74-46(36-79)18-15-23-64(7,8)95-60(84)41(4)35-68)37-72-48(19-16-24-71-62(70)86)58(82)73-47-22-21-45(32-49(47)78-25-27-91-28-26-78)59(83)76(10)43(6)61(85)93-54-33-55(81)77(11)50-30-44(31-51(89-12)56(50)69)29-40(3)17-14-20-53(90-13)67(88)34-52(92-63(87)75-67)42(5)57-65(54,9)94-57/h14,17,20-22,30-32,36,38-39,42-43,46,48,52-54,57,72,74,88H,4,15-16,18-19,23-29,33-35,37H2,1-3,5-13H3,(H,73,82)(H,75,87)(H3,70,71,86)/b20-14+,40-17+/t42-,43+,46?,48+,52+,53-,54+,57+,65+,66-,67+/m1/s1. The second-order valence-electron chi connectivity index (χ2n) is 26.0. The van der Waals surface area contributed by atoms with E-state index in [1.807, 2.05) is 31.7 Å². The van der Waals surface area contributed by atoms with Crippen molar-refractivity contribution in [2.45, 2.75) is 172 Å². The molecule has 4 heterocycles. The van der Waals surface area contributed by atoms with Gasteiger partial charge in [0.1, 0.15) is 58.9 Å². The number of rotatable bonds is 28. The first kappa shape index (κ1) is 77.0. The molecular weight excluding hydrogens is 1320 g/mol. The minimum Gasteiger partial charge on any atom is -0.495 e. The number of alkyl carbamates (subject to hydrolysis) is 1. The Morgan fingerprint density at radius 1 is 1.05 bits per heavy atom.